The lowest BCUT2D eigenvalue weighted by Crippen LogP contribution is -2.56. The Morgan fingerprint density at radius 2 is 1.91 bits per heavy atom. The Hall–Kier alpha value is -0.960. The second-order valence-electron chi connectivity index (χ2n) is 9.17. The monoisotopic (exact) mass is 316 g/mol. The number of fused-ring (bicyclic) bond motifs is 5. The third-order valence-corrected chi connectivity index (χ3v) is 8.13. The molecule has 0 bridgehead atoms. The molecule has 4 aliphatic carbocycles. The molecule has 3 fully saturated rings. The third-order valence-electron chi connectivity index (χ3n) is 8.13. The van der Waals surface area contributed by atoms with Crippen LogP contribution in [0.15, 0.2) is 11.6 Å². The largest absolute Gasteiger partial charge is 0.393 e. The predicted molar refractivity (Wildman–Crippen MR) is 87.7 cm³/mol. The molecule has 0 aromatic heterocycles. The predicted octanol–water partition coefficient (Wildman–Crippen LogP) is 3.30. The van der Waals surface area contributed by atoms with Gasteiger partial charge in [-0.3, -0.25) is 9.59 Å². The lowest BCUT2D eigenvalue weighted by Gasteiger charge is -2.58. The molecule has 0 radical (unpaired) electrons. The van der Waals surface area contributed by atoms with E-state index in [1.165, 1.54) is 5.57 Å². The van der Waals surface area contributed by atoms with Crippen molar-refractivity contribution in [1.82, 2.24) is 0 Å². The van der Waals surface area contributed by atoms with Crippen molar-refractivity contribution in [3.63, 3.8) is 0 Å². The van der Waals surface area contributed by atoms with Gasteiger partial charge in [-0.2, -0.15) is 0 Å². The van der Waals surface area contributed by atoms with Gasteiger partial charge in [-0.15, -0.1) is 0 Å². The smallest absolute Gasteiger partial charge is 0.155 e. The molecule has 0 heterocycles. The highest BCUT2D eigenvalue weighted by atomic mass is 16.3. The van der Waals surface area contributed by atoms with Crippen LogP contribution in [0.25, 0.3) is 0 Å². The van der Waals surface area contributed by atoms with E-state index in [0.29, 0.717) is 30.5 Å². The van der Waals surface area contributed by atoms with Crippen LogP contribution < -0.4 is 0 Å². The van der Waals surface area contributed by atoms with Crippen LogP contribution in [-0.2, 0) is 9.59 Å². The van der Waals surface area contributed by atoms with Crippen molar-refractivity contribution in [3.05, 3.63) is 11.6 Å². The fraction of sp³-hybridized carbons (Fsp3) is 0.800. The van der Waals surface area contributed by atoms with E-state index in [-0.39, 0.29) is 34.6 Å². The van der Waals surface area contributed by atoms with E-state index in [9.17, 15) is 14.7 Å². The van der Waals surface area contributed by atoms with Crippen LogP contribution in [0.2, 0.25) is 0 Å². The second-order valence-corrected chi connectivity index (χ2v) is 9.17. The number of aliphatic hydroxyl groups excluding tert-OH is 1. The van der Waals surface area contributed by atoms with Crippen molar-refractivity contribution in [2.75, 3.05) is 0 Å². The number of carbonyl (C=O) groups excluding carboxylic acids is 2. The molecule has 0 aliphatic heterocycles. The minimum atomic E-state index is -0.244. The van der Waals surface area contributed by atoms with Gasteiger partial charge in [-0.1, -0.05) is 19.4 Å². The van der Waals surface area contributed by atoms with Crippen molar-refractivity contribution >= 4 is 11.6 Å². The number of hydrogen-bond acceptors (Lipinski definition) is 3. The summed E-state index contributed by atoms with van der Waals surface area (Å²) in [5.41, 5.74) is 1.30. The molecule has 0 spiro atoms. The number of Topliss-reactive ketones (excluding diaryl/α,β-unsaturated/α-hetero) is 1. The Kier molecular flexibility index (Phi) is 3.23. The standard InChI is InChI=1S/C20H28O3/c1-11-6-13(21)7-12-8-17(23)18-15(20(11,12)3)4-5-19(2)10-14(22)9-16(18)19/h6,12,14-16,18,22H,4-5,7-10H2,1-3H3/t12-,14+,15+,16+,18-,19-,20+/m1/s1. The summed E-state index contributed by atoms with van der Waals surface area (Å²) in [6.45, 7) is 6.67. The summed E-state index contributed by atoms with van der Waals surface area (Å²) in [5, 5.41) is 10.2. The van der Waals surface area contributed by atoms with E-state index in [1.54, 1.807) is 0 Å². The van der Waals surface area contributed by atoms with Gasteiger partial charge >= 0.3 is 0 Å². The first-order valence-electron chi connectivity index (χ1n) is 9.18. The summed E-state index contributed by atoms with van der Waals surface area (Å²) in [6.07, 6.45) is 6.47. The van der Waals surface area contributed by atoms with Gasteiger partial charge in [0.05, 0.1) is 6.10 Å². The van der Waals surface area contributed by atoms with Gasteiger partial charge in [-0.05, 0) is 67.3 Å². The Morgan fingerprint density at radius 1 is 1.17 bits per heavy atom. The van der Waals surface area contributed by atoms with Crippen LogP contribution in [-0.4, -0.2) is 22.8 Å². The van der Waals surface area contributed by atoms with Gasteiger partial charge in [0.2, 0.25) is 0 Å². The van der Waals surface area contributed by atoms with E-state index in [2.05, 4.69) is 20.8 Å². The maximum Gasteiger partial charge on any atom is 0.155 e. The van der Waals surface area contributed by atoms with Crippen molar-refractivity contribution in [3.8, 4) is 0 Å². The quantitative estimate of drug-likeness (QED) is 0.746. The average molecular weight is 316 g/mol. The Morgan fingerprint density at radius 3 is 2.65 bits per heavy atom. The summed E-state index contributed by atoms with van der Waals surface area (Å²) in [7, 11) is 0. The Bertz CT molecular complexity index is 606. The summed E-state index contributed by atoms with van der Waals surface area (Å²) in [4.78, 5) is 25.0. The molecule has 4 aliphatic rings. The highest BCUT2D eigenvalue weighted by Gasteiger charge is 2.62. The molecule has 0 unspecified atom stereocenters. The summed E-state index contributed by atoms with van der Waals surface area (Å²) in [6, 6.07) is 0. The highest BCUT2D eigenvalue weighted by Crippen LogP contribution is 2.65. The Labute approximate surface area is 138 Å². The molecule has 0 aromatic carbocycles. The number of carbonyl (C=O) groups is 2. The van der Waals surface area contributed by atoms with Crippen LogP contribution in [0.4, 0.5) is 0 Å². The van der Waals surface area contributed by atoms with Crippen molar-refractivity contribution in [2.45, 2.75) is 65.4 Å². The topological polar surface area (TPSA) is 54.4 Å². The van der Waals surface area contributed by atoms with Gasteiger partial charge in [0.1, 0.15) is 5.78 Å². The normalized spacial score (nSPS) is 52.5. The number of hydrogen-bond donors (Lipinski definition) is 1. The molecule has 3 saturated carbocycles. The van der Waals surface area contributed by atoms with E-state index in [0.717, 1.165) is 25.7 Å². The van der Waals surface area contributed by atoms with E-state index in [4.69, 9.17) is 0 Å². The average Bonchev–Trinajstić information content (AvgIpc) is 2.76. The fourth-order valence-electron chi connectivity index (χ4n) is 6.78. The maximum absolute atomic E-state index is 13.0. The van der Waals surface area contributed by atoms with Crippen LogP contribution >= 0.6 is 0 Å². The molecule has 126 valence electrons. The first-order chi connectivity index (χ1) is 10.8. The van der Waals surface area contributed by atoms with Crippen LogP contribution in [0.5, 0.6) is 0 Å². The third kappa shape index (κ3) is 1.98. The summed E-state index contributed by atoms with van der Waals surface area (Å²) in [5.74, 6) is 1.50. The zero-order chi connectivity index (χ0) is 16.6. The van der Waals surface area contributed by atoms with Gasteiger partial charge in [0, 0.05) is 18.8 Å². The zero-order valence-corrected chi connectivity index (χ0v) is 14.5. The van der Waals surface area contributed by atoms with Gasteiger partial charge in [-0.25, -0.2) is 0 Å². The second kappa shape index (κ2) is 4.78. The molecule has 4 rings (SSSR count). The van der Waals surface area contributed by atoms with Crippen molar-refractivity contribution < 1.29 is 14.7 Å². The molecule has 1 N–H and O–H groups in total. The van der Waals surface area contributed by atoms with Crippen LogP contribution in [0.1, 0.15) is 59.3 Å². The highest BCUT2D eigenvalue weighted by molar-refractivity contribution is 5.93. The summed E-state index contributed by atoms with van der Waals surface area (Å²) < 4.78 is 0. The van der Waals surface area contributed by atoms with E-state index < -0.39 is 0 Å². The van der Waals surface area contributed by atoms with Gasteiger partial charge in [0.25, 0.3) is 0 Å². The van der Waals surface area contributed by atoms with E-state index >= 15 is 0 Å². The molecule has 3 nitrogen and oxygen atoms in total. The van der Waals surface area contributed by atoms with Crippen LogP contribution in [0.3, 0.4) is 0 Å². The molecule has 3 heteroatoms. The number of aliphatic hydroxyl groups is 1. The Balaban J connectivity index is 1.77. The van der Waals surface area contributed by atoms with Crippen molar-refractivity contribution in [1.29, 1.82) is 0 Å². The number of allylic oxidation sites excluding steroid dienone is 2. The molecule has 0 aromatic rings. The molecule has 7 atom stereocenters. The van der Waals surface area contributed by atoms with Crippen LogP contribution in [0, 0.1) is 34.5 Å². The van der Waals surface area contributed by atoms with Crippen molar-refractivity contribution in [2.24, 2.45) is 34.5 Å². The first kappa shape index (κ1) is 15.6. The maximum atomic E-state index is 13.0. The van der Waals surface area contributed by atoms with E-state index in [1.807, 2.05) is 6.08 Å². The lowest BCUT2D eigenvalue weighted by atomic mass is 9.44. The number of rotatable bonds is 0. The zero-order valence-electron chi connectivity index (χ0n) is 14.5. The van der Waals surface area contributed by atoms with Gasteiger partial charge < -0.3 is 5.11 Å². The number of ketones is 2. The minimum Gasteiger partial charge on any atom is -0.393 e. The molecule has 0 saturated heterocycles. The molecule has 0 amide bonds. The van der Waals surface area contributed by atoms with Gasteiger partial charge in [0.15, 0.2) is 5.78 Å². The summed E-state index contributed by atoms with van der Waals surface area (Å²) >= 11 is 0. The molecule has 23 heavy (non-hydrogen) atoms. The minimum absolute atomic E-state index is 0.0125. The first-order valence-corrected chi connectivity index (χ1v) is 9.18. The molecular formula is C20H28O3. The molecular weight excluding hydrogens is 288 g/mol. The fourth-order valence-corrected chi connectivity index (χ4v) is 6.78. The SMILES string of the molecule is CC1=CC(=O)C[C@@H]2CC(=O)[C@H]3[C@@H]4C[C@H](O)C[C@@]4(C)CC[C@@H]3[C@@]12C. The lowest BCUT2D eigenvalue weighted by molar-refractivity contribution is -0.148.